The lowest BCUT2D eigenvalue weighted by atomic mass is 10.1. The average molecular weight is 251 g/mol. The fourth-order valence-corrected chi connectivity index (χ4v) is 1.84. The number of benzene rings is 1. The molecule has 1 atom stereocenters. The van der Waals surface area contributed by atoms with Crippen molar-refractivity contribution in [2.75, 3.05) is 25.1 Å². The van der Waals surface area contributed by atoms with Crippen molar-refractivity contribution < 1.29 is 9.84 Å². The number of nitrogens with one attached hydrogen (secondary N) is 1. The first kappa shape index (κ1) is 15.0. The first-order valence-corrected chi connectivity index (χ1v) is 6.69. The maximum Gasteiger partial charge on any atom is 0.0945 e. The van der Waals surface area contributed by atoms with Gasteiger partial charge in [0, 0.05) is 18.8 Å². The van der Waals surface area contributed by atoms with Gasteiger partial charge < -0.3 is 15.2 Å². The molecule has 0 aliphatic rings. The van der Waals surface area contributed by atoms with Crippen molar-refractivity contribution >= 4 is 5.69 Å². The molecule has 3 nitrogen and oxygen atoms in total. The van der Waals surface area contributed by atoms with Gasteiger partial charge in [0.1, 0.15) is 0 Å². The second-order valence-electron chi connectivity index (χ2n) is 4.84. The molecule has 0 aromatic heterocycles. The van der Waals surface area contributed by atoms with Crippen LogP contribution in [0.1, 0.15) is 30.9 Å². The number of anilines is 1. The lowest BCUT2D eigenvalue weighted by Crippen LogP contribution is -2.25. The molecular formula is C15H25NO2. The molecule has 0 fully saturated rings. The van der Waals surface area contributed by atoms with Crippen LogP contribution in [0.2, 0.25) is 0 Å². The van der Waals surface area contributed by atoms with Crippen LogP contribution in [0.3, 0.4) is 0 Å². The van der Waals surface area contributed by atoms with Crippen LogP contribution in [0.25, 0.3) is 0 Å². The molecular weight excluding hydrogens is 226 g/mol. The Bertz CT molecular complexity index is 332. The lowest BCUT2D eigenvalue weighted by molar-refractivity contribution is 0.0422. The number of rotatable bonds is 8. The molecule has 0 amide bonds. The Morgan fingerprint density at radius 2 is 1.89 bits per heavy atom. The van der Waals surface area contributed by atoms with Crippen molar-refractivity contribution in [1.29, 1.82) is 0 Å². The lowest BCUT2D eigenvalue weighted by Gasteiger charge is -2.14. The SMILES string of the molecule is CCCCOCC(O)CNc1cc(C)cc(C)c1. The topological polar surface area (TPSA) is 41.5 Å². The smallest absolute Gasteiger partial charge is 0.0945 e. The maximum absolute atomic E-state index is 9.76. The highest BCUT2D eigenvalue weighted by Gasteiger charge is 2.04. The standard InChI is InChI=1S/C15H25NO2/c1-4-5-6-18-11-15(17)10-16-14-8-12(2)7-13(3)9-14/h7-9,15-17H,4-6,10-11H2,1-3H3. The first-order valence-electron chi connectivity index (χ1n) is 6.69. The van der Waals surface area contributed by atoms with Crippen molar-refractivity contribution in [1.82, 2.24) is 0 Å². The number of aryl methyl sites for hydroxylation is 2. The van der Waals surface area contributed by atoms with E-state index < -0.39 is 6.10 Å². The van der Waals surface area contributed by atoms with Crippen molar-refractivity contribution in [3.8, 4) is 0 Å². The third-order valence-electron chi connectivity index (χ3n) is 2.72. The van der Waals surface area contributed by atoms with E-state index in [0.717, 1.165) is 25.1 Å². The van der Waals surface area contributed by atoms with Crippen molar-refractivity contribution in [2.24, 2.45) is 0 Å². The zero-order chi connectivity index (χ0) is 13.4. The Morgan fingerprint density at radius 1 is 1.22 bits per heavy atom. The van der Waals surface area contributed by atoms with Gasteiger partial charge in [0.25, 0.3) is 0 Å². The minimum absolute atomic E-state index is 0.401. The molecule has 1 aromatic rings. The molecule has 0 spiro atoms. The highest BCUT2D eigenvalue weighted by atomic mass is 16.5. The Balaban J connectivity index is 2.26. The van der Waals surface area contributed by atoms with E-state index in [4.69, 9.17) is 4.74 Å². The summed E-state index contributed by atoms with van der Waals surface area (Å²) in [5.41, 5.74) is 3.51. The highest BCUT2D eigenvalue weighted by Crippen LogP contribution is 2.13. The number of hydrogen-bond acceptors (Lipinski definition) is 3. The number of hydrogen-bond donors (Lipinski definition) is 2. The van der Waals surface area contributed by atoms with E-state index in [0.29, 0.717) is 13.2 Å². The van der Waals surface area contributed by atoms with Gasteiger partial charge in [-0.25, -0.2) is 0 Å². The molecule has 0 aliphatic heterocycles. The summed E-state index contributed by atoms with van der Waals surface area (Å²) in [6.07, 6.45) is 1.72. The van der Waals surface area contributed by atoms with Gasteiger partial charge in [0.05, 0.1) is 12.7 Å². The minimum atomic E-state index is -0.456. The predicted octanol–water partition coefficient (Wildman–Crippen LogP) is 2.89. The highest BCUT2D eigenvalue weighted by molar-refractivity contribution is 5.48. The van der Waals surface area contributed by atoms with Crippen LogP contribution >= 0.6 is 0 Å². The molecule has 1 aromatic carbocycles. The summed E-state index contributed by atoms with van der Waals surface area (Å²) in [5, 5.41) is 13.0. The van der Waals surface area contributed by atoms with Crippen LogP contribution in [0, 0.1) is 13.8 Å². The monoisotopic (exact) mass is 251 g/mol. The summed E-state index contributed by atoms with van der Waals surface area (Å²) >= 11 is 0. The Labute approximate surface area is 110 Å². The van der Waals surface area contributed by atoms with Gasteiger partial charge >= 0.3 is 0 Å². The zero-order valence-electron chi connectivity index (χ0n) is 11.7. The maximum atomic E-state index is 9.76. The van der Waals surface area contributed by atoms with E-state index in [1.807, 2.05) is 0 Å². The largest absolute Gasteiger partial charge is 0.389 e. The Hall–Kier alpha value is -1.06. The molecule has 1 rings (SSSR count). The van der Waals surface area contributed by atoms with E-state index >= 15 is 0 Å². The van der Waals surface area contributed by atoms with Crippen LogP contribution in [-0.2, 0) is 4.74 Å². The quantitative estimate of drug-likeness (QED) is 0.698. The molecule has 102 valence electrons. The predicted molar refractivity (Wildman–Crippen MR) is 76.1 cm³/mol. The van der Waals surface area contributed by atoms with E-state index in [1.54, 1.807) is 0 Å². The molecule has 0 saturated carbocycles. The minimum Gasteiger partial charge on any atom is -0.389 e. The van der Waals surface area contributed by atoms with Gasteiger partial charge in [-0.05, 0) is 43.5 Å². The van der Waals surface area contributed by atoms with Gasteiger partial charge in [-0.2, -0.15) is 0 Å². The van der Waals surface area contributed by atoms with E-state index in [9.17, 15) is 5.11 Å². The summed E-state index contributed by atoms with van der Waals surface area (Å²) < 4.78 is 5.38. The Kier molecular flexibility index (Phi) is 6.76. The second kappa shape index (κ2) is 8.11. The summed E-state index contributed by atoms with van der Waals surface area (Å²) in [4.78, 5) is 0. The molecule has 0 saturated heterocycles. The molecule has 1 unspecified atom stereocenters. The summed E-state index contributed by atoms with van der Waals surface area (Å²) in [6, 6.07) is 6.30. The van der Waals surface area contributed by atoms with Gasteiger partial charge in [-0.3, -0.25) is 0 Å². The van der Waals surface area contributed by atoms with Crippen molar-refractivity contribution in [2.45, 2.75) is 39.7 Å². The normalized spacial score (nSPS) is 12.4. The summed E-state index contributed by atoms with van der Waals surface area (Å²) in [5.74, 6) is 0. The molecule has 0 heterocycles. The van der Waals surface area contributed by atoms with Gasteiger partial charge in [-0.15, -0.1) is 0 Å². The first-order chi connectivity index (χ1) is 8.61. The van der Waals surface area contributed by atoms with Crippen LogP contribution in [0.4, 0.5) is 5.69 Å². The van der Waals surface area contributed by atoms with E-state index in [-0.39, 0.29) is 0 Å². The van der Waals surface area contributed by atoms with Crippen molar-refractivity contribution in [3.63, 3.8) is 0 Å². The summed E-state index contributed by atoms with van der Waals surface area (Å²) in [6.45, 7) is 7.93. The van der Waals surface area contributed by atoms with Crippen LogP contribution in [0.15, 0.2) is 18.2 Å². The van der Waals surface area contributed by atoms with Gasteiger partial charge in [-0.1, -0.05) is 19.4 Å². The third-order valence-corrected chi connectivity index (χ3v) is 2.72. The molecule has 0 aliphatic carbocycles. The molecule has 2 N–H and O–H groups in total. The van der Waals surface area contributed by atoms with Gasteiger partial charge in [0.2, 0.25) is 0 Å². The second-order valence-corrected chi connectivity index (χ2v) is 4.84. The zero-order valence-corrected chi connectivity index (χ0v) is 11.7. The number of aliphatic hydroxyl groups is 1. The van der Waals surface area contributed by atoms with Crippen LogP contribution < -0.4 is 5.32 Å². The van der Waals surface area contributed by atoms with E-state index in [2.05, 4.69) is 44.3 Å². The Morgan fingerprint density at radius 3 is 2.50 bits per heavy atom. The van der Waals surface area contributed by atoms with Gasteiger partial charge in [0.15, 0.2) is 0 Å². The number of ether oxygens (including phenoxy) is 1. The number of unbranched alkanes of at least 4 members (excludes halogenated alkanes) is 1. The van der Waals surface area contributed by atoms with E-state index in [1.165, 1.54) is 11.1 Å². The van der Waals surface area contributed by atoms with Crippen molar-refractivity contribution in [3.05, 3.63) is 29.3 Å². The molecule has 18 heavy (non-hydrogen) atoms. The molecule has 3 heteroatoms. The summed E-state index contributed by atoms with van der Waals surface area (Å²) in [7, 11) is 0. The fraction of sp³-hybridized carbons (Fsp3) is 0.600. The fourth-order valence-electron chi connectivity index (χ4n) is 1.84. The average Bonchev–Trinajstić information content (AvgIpc) is 2.31. The number of aliphatic hydroxyl groups excluding tert-OH is 1. The third kappa shape index (κ3) is 6.03. The molecule has 0 radical (unpaired) electrons. The van der Waals surface area contributed by atoms with Crippen LogP contribution in [-0.4, -0.2) is 31.0 Å². The molecule has 0 bridgehead atoms. The van der Waals surface area contributed by atoms with Crippen LogP contribution in [0.5, 0.6) is 0 Å².